The number of hydrogen-bond acceptors (Lipinski definition) is 2. The maximum Gasteiger partial charge on any atom is 0.416 e. The molecule has 0 aromatic heterocycles. The molecule has 19 heavy (non-hydrogen) atoms. The maximum atomic E-state index is 13.0. The largest absolute Gasteiger partial charge is 0.481 e. The summed E-state index contributed by atoms with van der Waals surface area (Å²) in [6.07, 6.45) is -4.15. The highest BCUT2D eigenvalue weighted by Crippen LogP contribution is 2.48. The van der Waals surface area contributed by atoms with Gasteiger partial charge in [-0.1, -0.05) is 13.0 Å². The van der Waals surface area contributed by atoms with Gasteiger partial charge >= 0.3 is 12.1 Å². The molecule has 0 amide bonds. The van der Waals surface area contributed by atoms with Crippen molar-refractivity contribution in [2.75, 3.05) is 5.75 Å². The van der Waals surface area contributed by atoms with Crippen LogP contribution in [0.25, 0.3) is 0 Å². The Labute approximate surface area is 113 Å². The van der Waals surface area contributed by atoms with Crippen LogP contribution in [-0.2, 0) is 11.0 Å². The molecule has 1 aliphatic heterocycles. The number of carboxylic acids is 1. The number of alkyl halides is 3. The van der Waals surface area contributed by atoms with Gasteiger partial charge in [0.15, 0.2) is 0 Å². The van der Waals surface area contributed by atoms with Crippen LogP contribution >= 0.6 is 11.8 Å². The highest BCUT2D eigenvalue weighted by atomic mass is 32.2. The SMILES string of the molecule is CC(CC1CSc2cccc(C(F)(F)F)c21)C(=O)O. The molecule has 104 valence electrons. The van der Waals surface area contributed by atoms with Crippen molar-refractivity contribution in [3.05, 3.63) is 29.3 Å². The van der Waals surface area contributed by atoms with Crippen molar-refractivity contribution in [2.45, 2.75) is 30.3 Å². The van der Waals surface area contributed by atoms with Crippen LogP contribution in [0.2, 0.25) is 0 Å². The lowest BCUT2D eigenvalue weighted by Gasteiger charge is -2.18. The summed E-state index contributed by atoms with van der Waals surface area (Å²) in [5.41, 5.74) is -0.356. The second-order valence-electron chi connectivity index (χ2n) is 4.70. The number of halogens is 3. The van der Waals surface area contributed by atoms with E-state index in [1.807, 2.05) is 0 Å². The minimum absolute atomic E-state index is 0.239. The zero-order valence-electron chi connectivity index (χ0n) is 10.2. The van der Waals surface area contributed by atoms with Crippen LogP contribution in [0.5, 0.6) is 0 Å². The van der Waals surface area contributed by atoms with Crippen molar-refractivity contribution in [1.29, 1.82) is 0 Å². The van der Waals surface area contributed by atoms with E-state index in [0.717, 1.165) is 6.07 Å². The molecule has 6 heteroatoms. The lowest BCUT2D eigenvalue weighted by molar-refractivity contribution is -0.141. The third-order valence-corrected chi connectivity index (χ3v) is 4.52. The Morgan fingerprint density at radius 3 is 2.79 bits per heavy atom. The predicted molar refractivity (Wildman–Crippen MR) is 66.3 cm³/mol. The average Bonchev–Trinajstić information content (AvgIpc) is 2.71. The molecule has 1 aromatic rings. The van der Waals surface area contributed by atoms with Gasteiger partial charge in [0.2, 0.25) is 0 Å². The molecule has 0 saturated carbocycles. The minimum Gasteiger partial charge on any atom is -0.481 e. The number of aliphatic carboxylic acids is 1. The first kappa shape index (κ1) is 14.2. The van der Waals surface area contributed by atoms with Gasteiger partial charge in [0.1, 0.15) is 0 Å². The highest BCUT2D eigenvalue weighted by molar-refractivity contribution is 7.99. The van der Waals surface area contributed by atoms with Gasteiger partial charge in [0.05, 0.1) is 11.5 Å². The molecule has 0 radical (unpaired) electrons. The van der Waals surface area contributed by atoms with Gasteiger partial charge in [-0.2, -0.15) is 13.2 Å². The summed E-state index contributed by atoms with van der Waals surface area (Å²) >= 11 is 1.37. The lowest BCUT2D eigenvalue weighted by atomic mass is 9.88. The molecular formula is C13H13F3O2S. The van der Waals surface area contributed by atoms with E-state index < -0.39 is 23.6 Å². The van der Waals surface area contributed by atoms with Crippen molar-refractivity contribution in [3.63, 3.8) is 0 Å². The van der Waals surface area contributed by atoms with Crippen LogP contribution in [0.1, 0.15) is 30.4 Å². The number of carbonyl (C=O) groups is 1. The summed E-state index contributed by atoms with van der Waals surface area (Å²) in [6.45, 7) is 1.53. The van der Waals surface area contributed by atoms with Crippen molar-refractivity contribution >= 4 is 17.7 Å². The van der Waals surface area contributed by atoms with E-state index in [1.165, 1.54) is 24.8 Å². The molecule has 0 fully saturated rings. The summed E-state index contributed by atoms with van der Waals surface area (Å²) in [4.78, 5) is 11.5. The number of rotatable bonds is 3. The van der Waals surface area contributed by atoms with E-state index >= 15 is 0 Å². The Balaban J connectivity index is 2.35. The van der Waals surface area contributed by atoms with Gasteiger partial charge in [0.25, 0.3) is 0 Å². The first-order chi connectivity index (χ1) is 8.80. The molecule has 0 spiro atoms. The molecule has 2 unspecified atom stereocenters. The molecular weight excluding hydrogens is 277 g/mol. The number of benzene rings is 1. The molecule has 0 saturated heterocycles. The molecule has 2 rings (SSSR count). The van der Waals surface area contributed by atoms with Crippen LogP contribution in [0.15, 0.2) is 23.1 Å². The van der Waals surface area contributed by atoms with Crippen LogP contribution in [0.3, 0.4) is 0 Å². The topological polar surface area (TPSA) is 37.3 Å². The van der Waals surface area contributed by atoms with E-state index in [0.29, 0.717) is 10.6 Å². The summed E-state index contributed by atoms with van der Waals surface area (Å²) in [7, 11) is 0. The van der Waals surface area contributed by atoms with Crippen molar-refractivity contribution in [1.82, 2.24) is 0 Å². The van der Waals surface area contributed by atoms with Crippen LogP contribution < -0.4 is 0 Å². The first-order valence-corrected chi connectivity index (χ1v) is 6.85. The molecule has 0 aliphatic carbocycles. The van der Waals surface area contributed by atoms with E-state index in [2.05, 4.69) is 0 Å². The van der Waals surface area contributed by atoms with Gasteiger partial charge in [-0.15, -0.1) is 11.8 Å². The normalized spacial score (nSPS) is 20.1. The summed E-state index contributed by atoms with van der Waals surface area (Å²) < 4.78 is 39.0. The average molecular weight is 290 g/mol. The Morgan fingerprint density at radius 1 is 1.53 bits per heavy atom. The highest BCUT2D eigenvalue weighted by Gasteiger charge is 2.39. The Hall–Kier alpha value is -1.17. The van der Waals surface area contributed by atoms with Crippen molar-refractivity contribution < 1.29 is 23.1 Å². The summed E-state index contributed by atoms with van der Waals surface area (Å²) in [6, 6.07) is 4.14. The fraction of sp³-hybridized carbons (Fsp3) is 0.462. The number of carboxylic acid groups (broad SMARTS) is 1. The Bertz CT molecular complexity index is 499. The van der Waals surface area contributed by atoms with E-state index in [-0.39, 0.29) is 17.9 Å². The molecule has 0 bridgehead atoms. The zero-order valence-corrected chi connectivity index (χ0v) is 11.0. The van der Waals surface area contributed by atoms with Gasteiger partial charge < -0.3 is 5.11 Å². The number of hydrogen-bond donors (Lipinski definition) is 1. The molecule has 1 aliphatic rings. The van der Waals surface area contributed by atoms with E-state index in [9.17, 15) is 18.0 Å². The fourth-order valence-corrected chi connectivity index (χ4v) is 3.62. The van der Waals surface area contributed by atoms with Crippen molar-refractivity contribution in [2.24, 2.45) is 5.92 Å². The predicted octanol–water partition coefficient (Wildman–Crippen LogP) is 4.01. The third-order valence-electron chi connectivity index (χ3n) is 3.28. The standard InChI is InChI=1S/C13H13F3O2S/c1-7(12(17)18)5-8-6-19-10-4-2-3-9(11(8)10)13(14,15)16/h2-4,7-8H,5-6H2,1H3,(H,17,18). The molecule has 2 atom stereocenters. The van der Waals surface area contributed by atoms with E-state index in [4.69, 9.17) is 5.11 Å². The molecule has 1 heterocycles. The minimum atomic E-state index is -4.39. The second kappa shape index (κ2) is 5.07. The van der Waals surface area contributed by atoms with Crippen LogP contribution in [0, 0.1) is 5.92 Å². The number of thioether (sulfide) groups is 1. The Morgan fingerprint density at radius 2 is 2.21 bits per heavy atom. The monoisotopic (exact) mass is 290 g/mol. The van der Waals surface area contributed by atoms with Gasteiger partial charge in [-0.25, -0.2) is 0 Å². The second-order valence-corrected chi connectivity index (χ2v) is 5.76. The first-order valence-electron chi connectivity index (χ1n) is 5.86. The molecule has 1 aromatic carbocycles. The van der Waals surface area contributed by atoms with Gasteiger partial charge in [-0.3, -0.25) is 4.79 Å². The smallest absolute Gasteiger partial charge is 0.416 e. The Kier molecular flexibility index (Phi) is 3.80. The van der Waals surface area contributed by atoms with Crippen LogP contribution in [-0.4, -0.2) is 16.8 Å². The fourth-order valence-electron chi connectivity index (χ4n) is 2.33. The summed E-state index contributed by atoms with van der Waals surface area (Å²) in [5.74, 6) is -1.44. The summed E-state index contributed by atoms with van der Waals surface area (Å²) in [5, 5.41) is 8.89. The molecule has 1 N–H and O–H groups in total. The quantitative estimate of drug-likeness (QED) is 0.914. The molecule has 2 nitrogen and oxygen atoms in total. The third kappa shape index (κ3) is 2.88. The van der Waals surface area contributed by atoms with E-state index in [1.54, 1.807) is 6.07 Å². The zero-order chi connectivity index (χ0) is 14.2. The maximum absolute atomic E-state index is 13.0. The van der Waals surface area contributed by atoms with Crippen molar-refractivity contribution in [3.8, 4) is 0 Å². The lowest BCUT2D eigenvalue weighted by Crippen LogP contribution is -2.16. The van der Waals surface area contributed by atoms with Gasteiger partial charge in [0, 0.05) is 10.6 Å². The number of fused-ring (bicyclic) bond motifs is 1. The van der Waals surface area contributed by atoms with Crippen LogP contribution in [0.4, 0.5) is 13.2 Å². The van der Waals surface area contributed by atoms with Gasteiger partial charge in [-0.05, 0) is 30.0 Å².